The van der Waals surface area contributed by atoms with Crippen LogP contribution in [-0.4, -0.2) is 41.1 Å². The Morgan fingerprint density at radius 3 is 2.66 bits per heavy atom. The Morgan fingerprint density at radius 2 is 1.94 bits per heavy atom. The fourth-order valence-electron chi connectivity index (χ4n) is 3.52. The van der Waals surface area contributed by atoms with Crippen LogP contribution < -0.4 is 16.1 Å². The fourth-order valence-corrected chi connectivity index (χ4v) is 4.25. The molecule has 1 atom stereocenters. The second-order valence-corrected chi connectivity index (χ2v) is 8.83. The van der Waals surface area contributed by atoms with E-state index in [2.05, 4.69) is 15.4 Å². The van der Waals surface area contributed by atoms with Gasteiger partial charge in [-0.05, 0) is 49.7 Å². The molecule has 0 fully saturated rings. The van der Waals surface area contributed by atoms with Gasteiger partial charge in [0, 0.05) is 17.4 Å². The Balaban J connectivity index is 1.37. The van der Waals surface area contributed by atoms with Crippen molar-refractivity contribution in [2.45, 2.75) is 26.3 Å². The summed E-state index contributed by atoms with van der Waals surface area (Å²) in [4.78, 5) is 41.1. The van der Waals surface area contributed by atoms with Gasteiger partial charge < -0.3 is 10.5 Å². The summed E-state index contributed by atoms with van der Waals surface area (Å²) in [6, 6.07) is 10.3. The minimum absolute atomic E-state index is 0.0719. The monoisotopic (exact) mass is 495 g/mol. The van der Waals surface area contributed by atoms with Gasteiger partial charge in [0.15, 0.2) is 11.7 Å². The Hall–Kier alpha value is -4.12. The topological polar surface area (TPSA) is 127 Å². The highest BCUT2D eigenvalue weighted by Crippen LogP contribution is 2.28. The van der Waals surface area contributed by atoms with E-state index in [-0.39, 0.29) is 12.1 Å². The number of hydrazone groups is 1. The molecule has 0 unspecified atom stereocenters. The van der Waals surface area contributed by atoms with Crippen LogP contribution in [0.4, 0.5) is 15.2 Å². The van der Waals surface area contributed by atoms with Gasteiger partial charge in [-0.2, -0.15) is 5.10 Å². The largest absolute Gasteiger partial charge is 0.451 e. The lowest BCUT2D eigenvalue weighted by Crippen LogP contribution is -2.39. The second kappa shape index (κ2) is 10.0. The Morgan fingerprint density at radius 1 is 1.20 bits per heavy atom. The number of hydrogen-bond acceptors (Lipinski definition) is 8. The van der Waals surface area contributed by atoms with Crippen molar-refractivity contribution in [2.24, 2.45) is 10.8 Å². The van der Waals surface area contributed by atoms with Crippen LogP contribution in [-0.2, 0) is 19.1 Å². The molecule has 0 spiro atoms. The number of anilines is 2. The van der Waals surface area contributed by atoms with Crippen molar-refractivity contribution in [3.8, 4) is 11.3 Å². The van der Waals surface area contributed by atoms with Gasteiger partial charge >= 0.3 is 5.97 Å². The highest BCUT2D eigenvalue weighted by molar-refractivity contribution is 7.14. The number of carbonyl (C=O) groups is 3. The Kier molecular flexibility index (Phi) is 6.87. The third-order valence-electron chi connectivity index (χ3n) is 5.32. The first-order valence-corrected chi connectivity index (χ1v) is 11.5. The first-order valence-electron chi connectivity index (χ1n) is 10.6. The molecule has 2 heterocycles. The zero-order valence-electron chi connectivity index (χ0n) is 18.9. The van der Waals surface area contributed by atoms with Crippen LogP contribution in [0.15, 0.2) is 52.9 Å². The molecule has 0 aliphatic carbocycles. The van der Waals surface area contributed by atoms with Crippen molar-refractivity contribution in [1.82, 2.24) is 4.98 Å². The van der Waals surface area contributed by atoms with Crippen molar-refractivity contribution in [1.29, 1.82) is 0 Å². The van der Waals surface area contributed by atoms with Crippen molar-refractivity contribution in [3.05, 3.63) is 64.8 Å². The summed E-state index contributed by atoms with van der Waals surface area (Å²) in [5.74, 6) is -2.59. The summed E-state index contributed by atoms with van der Waals surface area (Å²) >= 11 is 1.26. The molecule has 0 saturated heterocycles. The van der Waals surface area contributed by atoms with E-state index in [1.165, 1.54) is 40.6 Å². The average molecular weight is 496 g/mol. The summed E-state index contributed by atoms with van der Waals surface area (Å²) < 4.78 is 18.3. The van der Waals surface area contributed by atoms with E-state index in [4.69, 9.17) is 10.5 Å². The zero-order chi connectivity index (χ0) is 25.1. The lowest BCUT2D eigenvalue weighted by molar-refractivity contribution is -0.140. The summed E-state index contributed by atoms with van der Waals surface area (Å²) in [6.07, 6.45) is -0.0984. The van der Waals surface area contributed by atoms with Crippen molar-refractivity contribution in [2.75, 3.05) is 16.9 Å². The number of halogens is 1. The summed E-state index contributed by atoms with van der Waals surface area (Å²) in [5.41, 5.74) is 9.63. The molecule has 4 rings (SSSR count). The Labute approximate surface area is 204 Å². The van der Waals surface area contributed by atoms with Gasteiger partial charge in [-0.1, -0.05) is 17.7 Å². The van der Waals surface area contributed by atoms with Crippen LogP contribution in [0.25, 0.3) is 11.3 Å². The normalized spacial score (nSPS) is 15.0. The number of ether oxygens (including phenoxy) is 1. The molecule has 0 saturated carbocycles. The molecule has 9 nitrogen and oxygen atoms in total. The van der Waals surface area contributed by atoms with Crippen LogP contribution in [0, 0.1) is 19.7 Å². The molecular weight excluding hydrogens is 473 g/mol. The van der Waals surface area contributed by atoms with E-state index in [0.717, 1.165) is 22.4 Å². The van der Waals surface area contributed by atoms with Crippen molar-refractivity contribution in [3.63, 3.8) is 0 Å². The summed E-state index contributed by atoms with van der Waals surface area (Å²) in [6.45, 7) is 3.41. The van der Waals surface area contributed by atoms with Gasteiger partial charge in [0.1, 0.15) is 17.6 Å². The summed E-state index contributed by atoms with van der Waals surface area (Å²) in [5, 5.41) is 10.2. The maximum absolute atomic E-state index is 13.2. The molecule has 0 bridgehead atoms. The molecule has 35 heavy (non-hydrogen) atoms. The number of nitrogens with two attached hydrogens (primary N) is 1. The molecule has 2 aromatic carbocycles. The molecule has 1 aromatic heterocycles. The number of nitrogens with one attached hydrogen (secondary N) is 1. The minimum Gasteiger partial charge on any atom is -0.451 e. The van der Waals surface area contributed by atoms with E-state index in [1.807, 2.05) is 37.4 Å². The molecule has 11 heteroatoms. The lowest BCUT2D eigenvalue weighted by atomic mass is 10.0. The quantitative estimate of drug-likeness (QED) is 0.485. The van der Waals surface area contributed by atoms with Crippen LogP contribution in [0.1, 0.15) is 17.5 Å². The van der Waals surface area contributed by atoms with E-state index in [9.17, 15) is 18.8 Å². The number of amides is 2. The molecular formula is C24H22FN5O4S. The molecule has 180 valence electrons. The summed E-state index contributed by atoms with van der Waals surface area (Å²) in [7, 11) is 0. The van der Waals surface area contributed by atoms with E-state index >= 15 is 0 Å². The smallest absolute Gasteiger partial charge is 0.355 e. The molecule has 1 aliphatic rings. The predicted octanol–water partition coefficient (Wildman–Crippen LogP) is 3.17. The number of esters is 1. The van der Waals surface area contributed by atoms with Gasteiger partial charge in [0.2, 0.25) is 5.91 Å². The van der Waals surface area contributed by atoms with E-state index < -0.39 is 36.2 Å². The van der Waals surface area contributed by atoms with Crippen LogP contribution in [0.3, 0.4) is 0 Å². The van der Waals surface area contributed by atoms with Gasteiger partial charge in [0.25, 0.3) is 5.91 Å². The lowest BCUT2D eigenvalue weighted by Gasteiger charge is -2.20. The predicted molar refractivity (Wildman–Crippen MR) is 131 cm³/mol. The van der Waals surface area contributed by atoms with Gasteiger partial charge in [-0.15, -0.1) is 11.3 Å². The average Bonchev–Trinajstić information content (AvgIpc) is 3.47. The third kappa shape index (κ3) is 5.52. The number of benzene rings is 2. The van der Waals surface area contributed by atoms with E-state index in [1.54, 1.807) is 0 Å². The highest BCUT2D eigenvalue weighted by Gasteiger charge is 2.36. The number of carbonyl (C=O) groups excluding carboxylic acids is 3. The molecule has 0 radical (unpaired) electrons. The molecule has 1 aliphatic heterocycles. The van der Waals surface area contributed by atoms with Gasteiger partial charge in [-0.25, -0.2) is 14.2 Å². The molecule has 2 amide bonds. The molecule has 3 aromatic rings. The van der Waals surface area contributed by atoms with E-state index in [0.29, 0.717) is 10.8 Å². The molecule has 3 N–H and O–H groups in total. The van der Waals surface area contributed by atoms with Crippen molar-refractivity contribution < 1.29 is 23.5 Å². The number of aromatic nitrogens is 1. The first kappa shape index (κ1) is 24.0. The minimum atomic E-state index is -0.935. The maximum atomic E-state index is 13.2. The zero-order valence-corrected chi connectivity index (χ0v) is 19.8. The van der Waals surface area contributed by atoms with Crippen LogP contribution in [0.2, 0.25) is 0 Å². The SMILES string of the molecule is Cc1ccc(C)c(-c2csc(NC(=O)COC(=O)C3=NN(c4ccc(F)cc4)[C@@H](C(N)=O)C3)n2)c1. The second-order valence-electron chi connectivity index (χ2n) is 7.97. The third-order valence-corrected chi connectivity index (χ3v) is 6.08. The Bertz CT molecular complexity index is 1320. The fraction of sp³-hybridized carbons (Fsp3) is 0.208. The number of nitrogens with zero attached hydrogens (tertiary/aromatic N) is 3. The van der Waals surface area contributed by atoms with Crippen LogP contribution >= 0.6 is 11.3 Å². The van der Waals surface area contributed by atoms with Gasteiger partial charge in [-0.3, -0.25) is 19.9 Å². The number of aryl methyl sites for hydroxylation is 2. The van der Waals surface area contributed by atoms with Crippen LogP contribution in [0.5, 0.6) is 0 Å². The van der Waals surface area contributed by atoms with Crippen molar-refractivity contribution >= 4 is 45.7 Å². The standard InChI is InChI=1S/C24H22FN5O4S/c1-13-3-4-14(2)17(9-13)19-12-35-24(27-19)28-21(31)11-34-23(33)18-10-20(22(26)32)30(29-18)16-7-5-15(25)6-8-16/h3-9,12,20H,10-11H2,1-2H3,(H2,26,32)(H,27,28,31)/t20-/m1/s1. The number of primary amides is 1. The number of hydrogen-bond donors (Lipinski definition) is 2. The number of thiazole rings is 1. The maximum Gasteiger partial charge on any atom is 0.355 e. The highest BCUT2D eigenvalue weighted by atomic mass is 32.1. The van der Waals surface area contributed by atoms with Gasteiger partial charge in [0.05, 0.1) is 11.4 Å². The first-order chi connectivity index (χ1) is 16.7. The number of rotatable bonds is 7.